The lowest BCUT2D eigenvalue weighted by Gasteiger charge is -2.43. The molecule has 2 atom stereocenters. The second-order valence-corrected chi connectivity index (χ2v) is 10.2. The van der Waals surface area contributed by atoms with Crippen LogP contribution in [-0.2, 0) is 23.5 Å². The molecule has 2 aliphatic heterocycles. The van der Waals surface area contributed by atoms with E-state index in [-0.39, 0.29) is 48.0 Å². The molecule has 0 saturated heterocycles. The summed E-state index contributed by atoms with van der Waals surface area (Å²) in [4.78, 5) is 55.8. The number of allylic oxidation sites excluding steroid dienone is 1. The summed E-state index contributed by atoms with van der Waals surface area (Å²) in [6.07, 6.45) is 2.67. The van der Waals surface area contributed by atoms with Crippen LogP contribution in [0.15, 0.2) is 71.2 Å². The Bertz CT molecular complexity index is 1630. The van der Waals surface area contributed by atoms with Crippen LogP contribution in [-0.4, -0.2) is 39.7 Å². The molecule has 2 aliphatic rings. The quantitative estimate of drug-likeness (QED) is 0.508. The summed E-state index contributed by atoms with van der Waals surface area (Å²) in [6, 6.07) is 11.5. The lowest BCUT2D eigenvalue weighted by molar-refractivity contribution is -0.123. The zero-order valence-corrected chi connectivity index (χ0v) is 22.2. The van der Waals surface area contributed by atoms with Gasteiger partial charge in [-0.25, -0.2) is 8.78 Å². The van der Waals surface area contributed by atoms with Crippen molar-refractivity contribution in [3.8, 4) is 5.75 Å². The minimum absolute atomic E-state index is 0.0136. The molecule has 0 aliphatic carbocycles. The number of hydrogen-bond acceptors (Lipinski definition) is 5. The summed E-state index contributed by atoms with van der Waals surface area (Å²) in [5.41, 5.74) is -1.27. The third-order valence-corrected chi connectivity index (χ3v) is 7.58. The first-order chi connectivity index (χ1) is 19.0. The molecule has 206 valence electrons. The van der Waals surface area contributed by atoms with Gasteiger partial charge in [-0.05, 0) is 44.1 Å². The van der Waals surface area contributed by atoms with Crippen molar-refractivity contribution in [3.05, 3.63) is 111 Å². The highest BCUT2D eigenvalue weighted by molar-refractivity contribution is 6.05. The Morgan fingerprint density at radius 3 is 2.55 bits per heavy atom. The minimum atomic E-state index is -1.33. The fourth-order valence-electron chi connectivity index (χ4n) is 5.00. The molecule has 0 unspecified atom stereocenters. The molecule has 1 N–H and O–H groups in total. The third kappa shape index (κ3) is 4.59. The van der Waals surface area contributed by atoms with Crippen LogP contribution in [0.25, 0.3) is 0 Å². The summed E-state index contributed by atoms with van der Waals surface area (Å²) in [7, 11) is 0. The van der Waals surface area contributed by atoms with E-state index in [9.17, 15) is 28.0 Å². The molecule has 3 aromatic rings. The lowest BCUT2D eigenvalue weighted by Crippen LogP contribution is -2.57. The SMILES string of the molecule is CC1=CC(=O)[C@@]2(C)CN(C(=O)c3c(OCc4ccccc4)c(=O)c(C(=O)NCc4ccc(F)cc4F)cn32)[C@H]1C. The summed E-state index contributed by atoms with van der Waals surface area (Å²) in [5, 5.41) is 2.48. The highest BCUT2D eigenvalue weighted by atomic mass is 19.1. The number of aromatic nitrogens is 1. The number of ether oxygens (including phenoxy) is 1. The number of ketones is 1. The Morgan fingerprint density at radius 2 is 1.85 bits per heavy atom. The molecule has 3 heterocycles. The first-order valence-electron chi connectivity index (χ1n) is 12.7. The summed E-state index contributed by atoms with van der Waals surface area (Å²) in [5.74, 6) is -3.65. The van der Waals surface area contributed by atoms with Gasteiger partial charge in [0, 0.05) is 24.4 Å². The number of hydrogen-bond donors (Lipinski definition) is 1. The van der Waals surface area contributed by atoms with Crippen LogP contribution in [0.2, 0.25) is 0 Å². The van der Waals surface area contributed by atoms with E-state index in [0.29, 0.717) is 11.6 Å². The van der Waals surface area contributed by atoms with E-state index in [1.54, 1.807) is 45.0 Å². The van der Waals surface area contributed by atoms with Gasteiger partial charge in [-0.3, -0.25) is 19.2 Å². The minimum Gasteiger partial charge on any atom is -0.483 e. The number of carbonyl (C=O) groups is 3. The largest absolute Gasteiger partial charge is 0.483 e. The molecule has 2 bridgehead atoms. The van der Waals surface area contributed by atoms with E-state index in [2.05, 4.69) is 5.32 Å². The zero-order chi connectivity index (χ0) is 28.8. The molecule has 2 amide bonds. The maximum Gasteiger partial charge on any atom is 0.275 e. The highest BCUT2D eigenvalue weighted by Gasteiger charge is 2.49. The molecule has 10 heteroatoms. The van der Waals surface area contributed by atoms with Crippen LogP contribution < -0.4 is 15.5 Å². The normalized spacial score (nSPS) is 20.0. The van der Waals surface area contributed by atoms with Crippen LogP contribution >= 0.6 is 0 Å². The number of amides is 2. The molecule has 0 radical (unpaired) electrons. The van der Waals surface area contributed by atoms with Gasteiger partial charge in [0.1, 0.15) is 29.3 Å². The van der Waals surface area contributed by atoms with Gasteiger partial charge in [0.2, 0.25) is 5.43 Å². The Hall–Kier alpha value is -4.60. The maximum atomic E-state index is 14.1. The number of rotatable bonds is 6. The molecule has 0 spiro atoms. The van der Waals surface area contributed by atoms with Gasteiger partial charge in [0.25, 0.3) is 11.8 Å². The van der Waals surface area contributed by atoms with E-state index in [4.69, 9.17) is 4.74 Å². The number of nitrogens with zero attached hydrogens (tertiary/aromatic N) is 2. The Kier molecular flexibility index (Phi) is 6.87. The molecule has 5 rings (SSSR count). The molecule has 2 aromatic carbocycles. The molecule has 8 nitrogen and oxygen atoms in total. The van der Waals surface area contributed by atoms with Crippen molar-refractivity contribution < 1.29 is 27.9 Å². The Balaban J connectivity index is 1.62. The van der Waals surface area contributed by atoms with Crippen molar-refractivity contribution in [3.63, 3.8) is 0 Å². The first kappa shape index (κ1) is 27.0. The molecule has 40 heavy (non-hydrogen) atoms. The predicted molar refractivity (Wildman–Crippen MR) is 142 cm³/mol. The van der Waals surface area contributed by atoms with E-state index in [0.717, 1.165) is 11.6 Å². The second kappa shape index (κ2) is 10.2. The Labute approximate surface area is 228 Å². The van der Waals surface area contributed by atoms with E-state index in [1.165, 1.54) is 27.8 Å². The number of carbonyl (C=O) groups excluding carboxylic acids is 3. The second-order valence-electron chi connectivity index (χ2n) is 10.2. The van der Waals surface area contributed by atoms with Gasteiger partial charge >= 0.3 is 0 Å². The van der Waals surface area contributed by atoms with Gasteiger partial charge in [0.05, 0.1) is 12.6 Å². The van der Waals surface area contributed by atoms with Crippen molar-refractivity contribution in [2.75, 3.05) is 6.54 Å². The Morgan fingerprint density at radius 1 is 1.12 bits per heavy atom. The zero-order valence-electron chi connectivity index (χ0n) is 22.2. The average Bonchev–Trinajstić information content (AvgIpc) is 3.00. The van der Waals surface area contributed by atoms with E-state index in [1.807, 2.05) is 6.07 Å². The average molecular weight is 548 g/mol. The topological polar surface area (TPSA) is 97.7 Å². The molecule has 0 fully saturated rings. The van der Waals surface area contributed by atoms with Crippen molar-refractivity contribution in [1.29, 1.82) is 0 Å². The number of pyridine rings is 1. The van der Waals surface area contributed by atoms with E-state index >= 15 is 0 Å². The van der Waals surface area contributed by atoms with Crippen LogP contribution in [0.1, 0.15) is 52.7 Å². The molecule has 0 saturated carbocycles. The fraction of sp³-hybridized carbons (Fsp3) is 0.267. The maximum absolute atomic E-state index is 14.1. The van der Waals surface area contributed by atoms with Gasteiger partial charge in [-0.15, -0.1) is 0 Å². The van der Waals surface area contributed by atoms with Gasteiger partial charge in [0.15, 0.2) is 17.2 Å². The van der Waals surface area contributed by atoms with Gasteiger partial charge < -0.3 is 19.5 Å². The number of benzene rings is 2. The summed E-state index contributed by atoms with van der Waals surface area (Å²) in [6.45, 7) is 4.83. The van der Waals surface area contributed by atoms with Crippen molar-refractivity contribution in [2.45, 2.75) is 45.5 Å². The number of fused-ring (bicyclic) bond motifs is 4. The lowest BCUT2D eigenvalue weighted by atomic mass is 9.91. The fourth-order valence-corrected chi connectivity index (χ4v) is 5.00. The van der Waals surface area contributed by atoms with E-state index < -0.39 is 40.5 Å². The highest BCUT2D eigenvalue weighted by Crippen LogP contribution is 2.36. The van der Waals surface area contributed by atoms with Gasteiger partial charge in [-0.2, -0.15) is 0 Å². The van der Waals surface area contributed by atoms with Crippen molar-refractivity contribution in [2.24, 2.45) is 0 Å². The first-order valence-corrected chi connectivity index (χ1v) is 12.7. The summed E-state index contributed by atoms with van der Waals surface area (Å²) >= 11 is 0. The standard InChI is InChI=1S/C30H27F2N3O5/c1-17-11-24(36)30(3)16-34(18(17)2)29(39)25-27(40-15-19-7-5-4-6-8-19)26(37)22(14-35(25)30)28(38)33-13-20-9-10-21(31)12-23(20)32/h4-12,14,18H,13,15-16H2,1-3H3,(H,33,38)/t18-,30+/m0/s1. The number of nitrogens with one attached hydrogen (secondary N) is 1. The summed E-state index contributed by atoms with van der Waals surface area (Å²) < 4.78 is 34.7. The van der Waals surface area contributed by atoms with Crippen LogP contribution in [0.5, 0.6) is 5.75 Å². The molecular weight excluding hydrogens is 520 g/mol. The van der Waals surface area contributed by atoms with Gasteiger partial charge in [-0.1, -0.05) is 36.4 Å². The number of halogens is 2. The van der Waals surface area contributed by atoms with Crippen LogP contribution in [0.3, 0.4) is 0 Å². The smallest absolute Gasteiger partial charge is 0.275 e. The van der Waals surface area contributed by atoms with Crippen molar-refractivity contribution in [1.82, 2.24) is 14.8 Å². The monoisotopic (exact) mass is 547 g/mol. The molecular formula is C30H27F2N3O5. The van der Waals surface area contributed by atoms with Crippen molar-refractivity contribution >= 4 is 17.6 Å². The van der Waals surface area contributed by atoms with Crippen LogP contribution in [0.4, 0.5) is 8.78 Å². The molecule has 1 aromatic heterocycles. The van der Waals surface area contributed by atoms with Crippen LogP contribution in [0, 0.1) is 11.6 Å². The third-order valence-electron chi connectivity index (χ3n) is 7.58. The predicted octanol–water partition coefficient (Wildman–Crippen LogP) is 3.72.